The van der Waals surface area contributed by atoms with Crippen LogP contribution in [0.25, 0.3) is 0 Å². The summed E-state index contributed by atoms with van der Waals surface area (Å²) in [4.78, 5) is 0. The van der Waals surface area contributed by atoms with Crippen LogP contribution in [0.1, 0.15) is 12.5 Å². The molecule has 5 nitrogen and oxygen atoms in total. The molecule has 0 bridgehead atoms. The summed E-state index contributed by atoms with van der Waals surface area (Å²) in [6.45, 7) is 8.80. The Hall–Kier alpha value is -1.08. The molecular weight excluding hydrogens is 348 g/mol. The van der Waals surface area contributed by atoms with Crippen molar-refractivity contribution in [1.29, 1.82) is 0 Å². The van der Waals surface area contributed by atoms with Crippen molar-refractivity contribution in [3.05, 3.63) is 34.8 Å². The number of nitrogens with one attached hydrogen (secondary N) is 2. The van der Waals surface area contributed by atoms with Gasteiger partial charge >= 0.3 is 0 Å². The van der Waals surface area contributed by atoms with Crippen molar-refractivity contribution < 1.29 is 14.6 Å². The first-order chi connectivity index (χ1) is 10.6. The second kappa shape index (κ2) is 10.6. The van der Waals surface area contributed by atoms with Gasteiger partial charge in [-0.25, -0.2) is 0 Å². The Balaban J connectivity index is 2.50. The fourth-order valence-corrected chi connectivity index (χ4v) is 2.48. The van der Waals surface area contributed by atoms with Gasteiger partial charge in [0.1, 0.15) is 6.61 Å². The van der Waals surface area contributed by atoms with E-state index >= 15 is 0 Å². The Bertz CT molecular complexity index is 467. The molecule has 0 aromatic heterocycles. The number of rotatable bonds is 11. The Labute approximate surface area is 140 Å². The molecule has 0 saturated heterocycles. The molecule has 0 aliphatic carbocycles. The van der Waals surface area contributed by atoms with Crippen molar-refractivity contribution in [2.45, 2.75) is 19.6 Å². The van der Waals surface area contributed by atoms with Crippen LogP contribution < -0.4 is 20.1 Å². The van der Waals surface area contributed by atoms with E-state index < -0.39 is 0 Å². The van der Waals surface area contributed by atoms with E-state index in [1.165, 1.54) is 0 Å². The fraction of sp³-hybridized carbons (Fsp3) is 0.500. The maximum atomic E-state index is 9.14. The Kier molecular flexibility index (Phi) is 9.15. The number of halogens is 1. The molecule has 1 atom stereocenters. The zero-order valence-corrected chi connectivity index (χ0v) is 14.8. The minimum absolute atomic E-state index is 0.316. The molecule has 1 rings (SSSR count). The fourth-order valence-electron chi connectivity index (χ4n) is 1.88. The predicted octanol–water partition coefficient (Wildman–Crippen LogP) is 2.08. The van der Waals surface area contributed by atoms with Crippen molar-refractivity contribution in [1.82, 2.24) is 10.6 Å². The molecule has 0 spiro atoms. The van der Waals surface area contributed by atoms with Gasteiger partial charge in [-0.1, -0.05) is 12.7 Å². The number of aliphatic hydroxyl groups excluding tert-OH is 1. The van der Waals surface area contributed by atoms with Crippen molar-refractivity contribution >= 4 is 15.9 Å². The van der Waals surface area contributed by atoms with E-state index in [1.807, 2.05) is 12.1 Å². The van der Waals surface area contributed by atoms with Gasteiger partial charge in [-0.15, -0.1) is 0 Å². The number of hydrogen-bond acceptors (Lipinski definition) is 5. The smallest absolute Gasteiger partial charge is 0.175 e. The molecule has 0 amide bonds. The highest BCUT2D eigenvalue weighted by Gasteiger charge is 2.11. The van der Waals surface area contributed by atoms with Gasteiger partial charge in [0.15, 0.2) is 11.5 Å². The quantitative estimate of drug-likeness (QED) is 0.410. The van der Waals surface area contributed by atoms with Crippen LogP contribution >= 0.6 is 15.9 Å². The lowest BCUT2D eigenvalue weighted by atomic mass is 10.2. The van der Waals surface area contributed by atoms with E-state index in [1.54, 1.807) is 20.1 Å². The third kappa shape index (κ3) is 6.79. The molecule has 1 aromatic rings. The lowest BCUT2D eigenvalue weighted by molar-refractivity contribution is 0.191. The third-order valence-corrected chi connectivity index (χ3v) is 3.47. The molecule has 0 radical (unpaired) electrons. The van der Waals surface area contributed by atoms with Crippen LogP contribution in [0.2, 0.25) is 0 Å². The monoisotopic (exact) mass is 372 g/mol. The second-order valence-electron chi connectivity index (χ2n) is 4.94. The van der Waals surface area contributed by atoms with Crippen LogP contribution in [-0.2, 0) is 6.54 Å². The molecule has 0 aliphatic rings. The van der Waals surface area contributed by atoms with Crippen molar-refractivity contribution in [3.8, 4) is 11.5 Å². The van der Waals surface area contributed by atoms with Crippen molar-refractivity contribution in [3.63, 3.8) is 0 Å². The summed E-state index contributed by atoms with van der Waals surface area (Å²) in [5, 5.41) is 15.6. The Morgan fingerprint density at radius 1 is 1.36 bits per heavy atom. The van der Waals surface area contributed by atoms with Gasteiger partial charge in [-0.2, -0.15) is 0 Å². The largest absolute Gasteiger partial charge is 0.493 e. The molecule has 3 N–H and O–H groups in total. The van der Waals surface area contributed by atoms with Gasteiger partial charge in [-0.05, 0) is 40.5 Å². The maximum Gasteiger partial charge on any atom is 0.175 e. The van der Waals surface area contributed by atoms with Gasteiger partial charge in [0.05, 0.1) is 17.7 Å². The summed E-state index contributed by atoms with van der Waals surface area (Å²) in [7, 11) is 1.62. The normalized spacial score (nSPS) is 12.0. The minimum atomic E-state index is -0.316. The summed E-state index contributed by atoms with van der Waals surface area (Å²) >= 11 is 3.51. The first kappa shape index (κ1) is 19.0. The van der Waals surface area contributed by atoms with E-state index in [4.69, 9.17) is 14.6 Å². The van der Waals surface area contributed by atoms with E-state index in [2.05, 4.69) is 33.1 Å². The number of methoxy groups -OCH3 is 1. The highest BCUT2D eigenvalue weighted by molar-refractivity contribution is 9.10. The lowest BCUT2D eigenvalue weighted by Crippen LogP contribution is -2.31. The van der Waals surface area contributed by atoms with Crippen LogP contribution in [0.15, 0.2) is 29.3 Å². The molecule has 22 heavy (non-hydrogen) atoms. The standard InChI is InChI=1S/C16H25BrN2O3/c1-4-7-22-16-14(17)8-13(9-15(16)21-3)11-19-6-5-18-10-12(2)20/h4,8-9,12,18-20H,1,5-7,10-11H2,2-3H3/t12-/m0/s1. The molecule has 0 aliphatic heterocycles. The maximum absolute atomic E-state index is 9.14. The number of aliphatic hydroxyl groups is 1. The molecule has 124 valence electrons. The van der Waals surface area contributed by atoms with Gasteiger partial charge in [0.2, 0.25) is 0 Å². The zero-order valence-electron chi connectivity index (χ0n) is 13.2. The lowest BCUT2D eigenvalue weighted by Gasteiger charge is -2.14. The molecular formula is C16H25BrN2O3. The van der Waals surface area contributed by atoms with Crippen LogP contribution in [0.4, 0.5) is 0 Å². The summed E-state index contributed by atoms with van der Waals surface area (Å²) in [5.74, 6) is 1.38. The van der Waals surface area contributed by atoms with Gasteiger partial charge in [0, 0.05) is 26.2 Å². The molecule has 6 heteroatoms. The van der Waals surface area contributed by atoms with Crippen LogP contribution in [0.5, 0.6) is 11.5 Å². The number of benzene rings is 1. The molecule has 0 unspecified atom stereocenters. The Morgan fingerprint density at radius 3 is 2.73 bits per heavy atom. The summed E-state index contributed by atoms with van der Waals surface area (Å²) in [6, 6.07) is 3.97. The van der Waals surface area contributed by atoms with E-state index in [9.17, 15) is 0 Å². The molecule has 0 saturated carbocycles. The van der Waals surface area contributed by atoms with Crippen molar-refractivity contribution in [2.24, 2.45) is 0 Å². The summed E-state index contributed by atoms with van der Waals surface area (Å²) in [5.41, 5.74) is 1.10. The first-order valence-corrected chi connectivity index (χ1v) is 8.07. The molecule has 1 aromatic carbocycles. The minimum Gasteiger partial charge on any atom is -0.493 e. The zero-order chi connectivity index (χ0) is 16.4. The third-order valence-electron chi connectivity index (χ3n) is 2.88. The van der Waals surface area contributed by atoms with Crippen LogP contribution in [0.3, 0.4) is 0 Å². The van der Waals surface area contributed by atoms with Gasteiger partial charge in [-0.3, -0.25) is 0 Å². The predicted molar refractivity (Wildman–Crippen MR) is 92.6 cm³/mol. The summed E-state index contributed by atoms with van der Waals surface area (Å²) in [6.07, 6.45) is 1.38. The highest BCUT2D eigenvalue weighted by atomic mass is 79.9. The van der Waals surface area contributed by atoms with Crippen LogP contribution in [0, 0.1) is 0 Å². The van der Waals surface area contributed by atoms with E-state index in [0.717, 1.165) is 29.7 Å². The van der Waals surface area contributed by atoms with Crippen LogP contribution in [-0.4, -0.2) is 44.6 Å². The first-order valence-electron chi connectivity index (χ1n) is 7.28. The molecule has 0 fully saturated rings. The average molecular weight is 373 g/mol. The second-order valence-corrected chi connectivity index (χ2v) is 5.79. The van der Waals surface area contributed by atoms with E-state index in [0.29, 0.717) is 24.7 Å². The van der Waals surface area contributed by atoms with Crippen molar-refractivity contribution in [2.75, 3.05) is 33.4 Å². The topological polar surface area (TPSA) is 62.8 Å². The summed E-state index contributed by atoms with van der Waals surface area (Å²) < 4.78 is 11.8. The highest BCUT2D eigenvalue weighted by Crippen LogP contribution is 2.36. The number of hydrogen-bond donors (Lipinski definition) is 3. The number of ether oxygens (including phenoxy) is 2. The average Bonchev–Trinajstić information content (AvgIpc) is 2.48. The Morgan fingerprint density at radius 2 is 2.09 bits per heavy atom. The van der Waals surface area contributed by atoms with E-state index in [-0.39, 0.29) is 6.10 Å². The SMILES string of the molecule is C=CCOc1c(Br)cc(CNCCNC[C@H](C)O)cc1OC. The molecule has 0 heterocycles. The van der Waals surface area contributed by atoms with Gasteiger partial charge < -0.3 is 25.2 Å². The van der Waals surface area contributed by atoms with Gasteiger partial charge in [0.25, 0.3) is 0 Å².